The van der Waals surface area contributed by atoms with Gasteiger partial charge in [0.15, 0.2) is 0 Å². The number of nitrogens with zero attached hydrogens (tertiary/aromatic N) is 4. The largest absolute Gasteiger partial charge is 0.364 e. The van der Waals surface area contributed by atoms with Gasteiger partial charge in [-0.2, -0.15) is 5.10 Å². The molecule has 0 fully saturated rings. The summed E-state index contributed by atoms with van der Waals surface area (Å²) >= 11 is 0. The van der Waals surface area contributed by atoms with Crippen molar-refractivity contribution >= 4 is 5.69 Å². The second kappa shape index (κ2) is 6.33. The Morgan fingerprint density at radius 2 is 2.11 bits per heavy atom. The van der Waals surface area contributed by atoms with E-state index in [1.54, 1.807) is 6.33 Å². The Morgan fingerprint density at radius 1 is 1.32 bits per heavy atom. The van der Waals surface area contributed by atoms with Gasteiger partial charge in [-0.25, -0.2) is 4.98 Å². The van der Waals surface area contributed by atoms with Crippen LogP contribution in [0.1, 0.15) is 17.8 Å². The van der Waals surface area contributed by atoms with E-state index < -0.39 is 0 Å². The van der Waals surface area contributed by atoms with E-state index in [-0.39, 0.29) is 0 Å². The van der Waals surface area contributed by atoms with Gasteiger partial charge < -0.3 is 10.6 Å². The van der Waals surface area contributed by atoms with Crippen LogP contribution in [-0.2, 0) is 13.6 Å². The van der Waals surface area contributed by atoms with Gasteiger partial charge in [-0.05, 0) is 31.5 Å². The molecule has 0 radical (unpaired) electrons. The van der Waals surface area contributed by atoms with Crippen LogP contribution >= 0.6 is 0 Å². The zero-order valence-corrected chi connectivity index (χ0v) is 11.6. The Labute approximate surface area is 114 Å². The van der Waals surface area contributed by atoms with Crippen LogP contribution in [0.4, 0.5) is 5.69 Å². The third-order valence-electron chi connectivity index (χ3n) is 3.23. The van der Waals surface area contributed by atoms with Gasteiger partial charge >= 0.3 is 0 Å². The van der Waals surface area contributed by atoms with Gasteiger partial charge in [-0.3, -0.25) is 4.68 Å². The molecule has 102 valence electrons. The highest BCUT2D eigenvalue weighted by Gasteiger charge is 2.12. The number of aryl methyl sites for hydroxylation is 2. The fraction of sp³-hybridized carbons (Fsp3) is 0.429. The molecular weight excluding hydrogens is 238 g/mol. The quantitative estimate of drug-likeness (QED) is 0.853. The molecule has 0 saturated carbocycles. The summed E-state index contributed by atoms with van der Waals surface area (Å²) in [5.74, 6) is 0.959. The van der Waals surface area contributed by atoms with E-state index in [0.717, 1.165) is 25.3 Å². The van der Waals surface area contributed by atoms with E-state index in [4.69, 9.17) is 5.73 Å². The highest BCUT2D eigenvalue weighted by atomic mass is 15.3. The van der Waals surface area contributed by atoms with Gasteiger partial charge in [0.05, 0.1) is 6.54 Å². The summed E-state index contributed by atoms with van der Waals surface area (Å²) in [6, 6.07) is 8.39. The van der Waals surface area contributed by atoms with Crippen LogP contribution in [0.25, 0.3) is 0 Å². The lowest BCUT2D eigenvalue weighted by Crippen LogP contribution is -2.27. The number of aromatic nitrogens is 3. The van der Waals surface area contributed by atoms with E-state index >= 15 is 0 Å². The van der Waals surface area contributed by atoms with Crippen LogP contribution in [0.3, 0.4) is 0 Å². The van der Waals surface area contributed by atoms with Crippen LogP contribution in [-0.4, -0.2) is 27.9 Å². The molecule has 0 aliphatic rings. The average Bonchev–Trinajstić information content (AvgIpc) is 2.81. The topological polar surface area (TPSA) is 60.0 Å². The first kappa shape index (κ1) is 13.5. The summed E-state index contributed by atoms with van der Waals surface area (Å²) in [5, 5.41) is 4.12. The van der Waals surface area contributed by atoms with Crippen molar-refractivity contribution in [2.75, 3.05) is 18.0 Å². The molecule has 1 heterocycles. The number of para-hydroxylation sites is 1. The lowest BCUT2D eigenvalue weighted by molar-refractivity contribution is 0.654. The highest BCUT2D eigenvalue weighted by Crippen LogP contribution is 2.21. The summed E-state index contributed by atoms with van der Waals surface area (Å²) < 4.78 is 1.81. The number of rotatable bonds is 6. The van der Waals surface area contributed by atoms with Gasteiger partial charge in [0.2, 0.25) is 0 Å². The molecular formula is C14H21N5. The lowest BCUT2D eigenvalue weighted by Gasteiger charge is -2.25. The number of hydrogen-bond donors (Lipinski definition) is 1. The molecule has 2 rings (SSSR count). The maximum Gasteiger partial charge on any atom is 0.146 e. The zero-order valence-electron chi connectivity index (χ0n) is 11.6. The minimum Gasteiger partial charge on any atom is -0.364 e. The van der Waals surface area contributed by atoms with E-state index in [2.05, 4.69) is 46.2 Å². The molecule has 0 bridgehead atoms. The standard InChI is InChI=1S/C14H21N5/c1-12-6-3-4-7-13(12)19(9-5-8-15)10-14-16-11-17-18(14)2/h3-4,6-7,11H,5,8-10,15H2,1-2H3. The molecule has 19 heavy (non-hydrogen) atoms. The van der Waals surface area contributed by atoms with Crippen LogP contribution in [0, 0.1) is 6.92 Å². The molecule has 0 unspecified atom stereocenters. The third kappa shape index (κ3) is 3.32. The van der Waals surface area contributed by atoms with Gasteiger partial charge in [-0.15, -0.1) is 0 Å². The van der Waals surface area contributed by atoms with E-state index in [1.165, 1.54) is 11.3 Å². The zero-order chi connectivity index (χ0) is 13.7. The average molecular weight is 259 g/mol. The van der Waals surface area contributed by atoms with Gasteiger partial charge in [-0.1, -0.05) is 18.2 Å². The fourth-order valence-electron chi connectivity index (χ4n) is 2.12. The molecule has 0 amide bonds. The normalized spacial score (nSPS) is 10.7. The Balaban J connectivity index is 2.21. The highest BCUT2D eigenvalue weighted by molar-refractivity contribution is 5.52. The SMILES string of the molecule is Cc1ccccc1N(CCCN)Cc1ncnn1C. The van der Waals surface area contributed by atoms with Crippen molar-refractivity contribution in [3.8, 4) is 0 Å². The van der Waals surface area contributed by atoms with Crippen molar-refractivity contribution in [1.82, 2.24) is 14.8 Å². The molecule has 2 N–H and O–H groups in total. The molecule has 0 aliphatic carbocycles. The van der Waals surface area contributed by atoms with Crippen molar-refractivity contribution in [1.29, 1.82) is 0 Å². The van der Waals surface area contributed by atoms with Gasteiger partial charge in [0.25, 0.3) is 0 Å². The first-order valence-electron chi connectivity index (χ1n) is 6.56. The number of benzene rings is 1. The number of hydrogen-bond acceptors (Lipinski definition) is 4. The van der Waals surface area contributed by atoms with Gasteiger partial charge in [0.1, 0.15) is 12.2 Å². The summed E-state index contributed by atoms with van der Waals surface area (Å²) in [7, 11) is 1.92. The van der Waals surface area contributed by atoms with Crippen molar-refractivity contribution in [3.05, 3.63) is 42.0 Å². The Hall–Kier alpha value is -1.88. The smallest absolute Gasteiger partial charge is 0.146 e. The Kier molecular flexibility index (Phi) is 4.52. The summed E-state index contributed by atoms with van der Waals surface area (Å²) in [6.07, 6.45) is 2.56. The van der Waals surface area contributed by atoms with Crippen LogP contribution in [0.15, 0.2) is 30.6 Å². The predicted molar refractivity (Wildman–Crippen MR) is 76.9 cm³/mol. The Bertz CT molecular complexity index is 520. The van der Waals surface area contributed by atoms with E-state index in [1.807, 2.05) is 11.7 Å². The van der Waals surface area contributed by atoms with E-state index in [0.29, 0.717) is 6.54 Å². The first-order valence-corrected chi connectivity index (χ1v) is 6.56. The molecule has 5 heteroatoms. The number of nitrogens with two attached hydrogens (primary N) is 1. The summed E-state index contributed by atoms with van der Waals surface area (Å²) in [6.45, 7) is 4.50. The monoisotopic (exact) mass is 259 g/mol. The number of anilines is 1. The van der Waals surface area contributed by atoms with Gasteiger partial charge in [0, 0.05) is 19.3 Å². The molecule has 1 aromatic heterocycles. The second-order valence-corrected chi connectivity index (χ2v) is 4.65. The maximum atomic E-state index is 5.64. The summed E-state index contributed by atoms with van der Waals surface area (Å²) in [5.41, 5.74) is 8.14. The molecule has 0 atom stereocenters. The molecule has 2 aromatic rings. The minimum absolute atomic E-state index is 0.696. The molecule has 1 aromatic carbocycles. The van der Waals surface area contributed by atoms with Crippen molar-refractivity contribution in [2.24, 2.45) is 12.8 Å². The Morgan fingerprint density at radius 3 is 2.74 bits per heavy atom. The van der Waals surface area contributed by atoms with Crippen molar-refractivity contribution in [2.45, 2.75) is 19.9 Å². The summed E-state index contributed by atoms with van der Waals surface area (Å²) in [4.78, 5) is 6.61. The second-order valence-electron chi connectivity index (χ2n) is 4.65. The van der Waals surface area contributed by atoms with E-state index in [9.17, 15) is 0 Å². The van der Waals surface area contributed by atoms with Crippen LogP contribution in [0.2, 0.25) is 0 Å². The lowest BCUT2D eigenvalue weighted by atomic mass is 10.1. The van der Waals surface area contributed by atoms with Crippen molar-refractivity contribution < 1.29 is 0 Å². The minimum atomic E-state index is 0.696. The first-order chi connectivity index (χ1) is 9.22. The maximum absolute atomic E-state index is 5.64. The molecule has 0 aliphatic heterocycles. The fourth-order valence-corrected chi connectivity index (χ4v) is 2.12. The van der Waals surface area contributed by atoms with Crippen molar-refractivity contribution in [3.63, 3.8) is 0 Å². The van der Waals surface area contributed by atoms with Crippen LogP contribution < -0.4 is 10.6 Å². The predicted octanol–water partition coefficient (Wildman–Crippen LogP) is 1.48. The van der Waals surface area contributed by atoms with Crippen LogP contribution in [0.5, 0.6) is 0 Å². The molecule has 0 saturated heterocycles. The molecule has 0 spiro atoms. The third-order valence-corrected chi connectivity index (χ3v) is 3.23. The molecule has 5 nitrogen and oxygen atoms in total.